The van der Waals surface area contributed by atoms with Crippen LogP contribution in [0.15, 0.2) is 30.3 Å². The standard InChI is InChI=1S/C12H18O3/c1-10(12(14)7-8-13)15-9-11-5-3-2-4-6-11/h2-6,10,12-14H,7-9H2,1H3/t10-,12-/m0/s1. The van der Waals surface area contributed by atoms with E-state index in [1.807, 2.05) is 37.3 Å². The molecule has 3 heteroatoms. The largest absolute Gasteiger partial charge is 0.396 e. The normalized spacial score (nSPS) is 14.9. The highest BCUT2D eigenvalue weighted by Crippen LogP contribution is 2.07. The predicted octanol–water partition coefficient (Wildman–Crippen LogP) is 1.33. The second-order valence-electron chi connectivity index (χ2n) is 3.58. The van der Waals surface area contributed by atoms with Crippen molar-refractivity contribution in [2.45, 2.75) is 32.2 Å². The predicted molar refractivity (Wildman–Crippen MR) is 58.4 cm³/mol. The molecule has 84 valence electrons. The van der Waals surface area contributed by atoms with Crippen LogP contribution in [-0.4, -0.2) is 29.0 Å². The number of ether oxygens (including phenoxy) is 1. The Kier molecular flexibility index (Phi) is 5.32. The van der Waals surface area contributed by atoms with Gasteiger partial charge in [-0.15, -0.1) is 0 Å². The molecule has 0 saturated heterocycles. The van der Waals surface area contributed by atoms with Gasteiger partial charge in [0.05, 0.1) is 18.8 Å². The molecule has 0 fully saturated rings. The highest BCUT2D eigenvalue weighted by Gasteiger charge is 2.13. The summed E-state index contributed by atoms with van der Waals surface area (Å²) < 4.78 is 5.48. The van der Waals surface area contributed by atoms with E-state index in [1.54, 1.807) is 0 Å². The summed E-state index contributed by atoms with van der Waals surface area (Å²) in [6.07, 6.45) is -0.494. The van der Waals surface area contributed by atoms with E-state index in [4.69, 9.17) is 9.84 Å². The monoisotopic (exact) mass is 210 g/mol. The molecule has 0 aliphatic heterocycles. The summed E-state index contributed by atoms with van der Waals surface area (Å²) in [5.41, 5.74) is 1.08. The minimum absolute atomic E-state index is 0.0137. The molecule has 0 amide bonds. The summed E-state index contributed by atoms with van der Waals surface area (Å²) in [6, 6.07) is 9.81. The van der Waals surface area contributed by atoms with Crippen LogP contribution in [0.2, 0.25) is 0 Å². The van der Waals surface area contributed by atoms with Crippen LogP contribution in [0.4, 0.5) is 0 Å². The van der Waals surface area contributed by atoms with Crippen LogP contribution >= 0.6 is 0 Å². The average Bonchev–Trinajstić information content (AvgIpc) is 2.27. The Morgan fingerprint density at radius 1 is 1.27 bits per heavy atom. The van der Waals surface area contributed by atoms with Gasteiger partial charge in [0.15, 0.2) is 0 Å². The van der Waals surface area contributed by atoms with Crippen LogP contribution in [0.1, 0.15) is 18.9 Å². The fraction of sp³-hybridized carbons (Fsp3) is 0.500. The number of aliphatic hydroxyl groups is 2. The number of hydrogen-bond acceptors (Lipinski definition) is 3. The molecule has 0 aliphatic carbocycles. The third kappa shape index (κ3) is 4.42. The molecule has 0 heterocycles. The SMILES string of the molecule is C[C@H](OCc1ccccc1)[C@@H](O)CCO. The fourth-order valence-electron chi connectivity index (χ4n) is 1.28. The number of aliphatic hydroxyl groups excluding tert-OH is 2. The molecule has 0 spiro atoms. The molecule has 3 nitrogen and oxygen atoms in total. The van der Waals surface area contributed by atoms with Gasteiger partial charge in [-0.1, -0.05) is 30.3 Å². The van der Waals surface area contributed by atoms with Gasteiger partial charge in [0, 0.05) is 6.61 Å². The Bertz CT molecular complexity index is 261. The van der Waals surface area contributed by atoms with E-state index in [-0.39, 0.29) is 12.7 Å². The summed E-state index contributed by atoms with van der Waals surface area (Å²) in [5, 5.41) is 18.2. The van der Waals surface area contributed by atoms with Crippen molar-refractivity contribution in [3.63, 3.8) is 0 Å². The summed E-state index contributed by atoms with van der Waals surface area (Å²) in [6.45, 7) is 2.29. The Morgan fingerprint density at radius 3 is 2.53 bits per heavy atom. The van der Waals surface area contributed by atoms with Crippen molar-refractivity contribution in [3.8, 4) is 0 Å². The second-order valence-corrected chi connectivity index (χ2v) is 3.58. The Hall–Kier alpha value is -0.900. The van der Waals surface area contributed by atoms with Gasteiger partial charge in [-0.25, -0.2) is 0 Å². The first-order valence-corrected chi connectivity index (χ1v) is 5.18. The summed E-state index contributed by atoms with van der Waals surface area (Å²) in [5.74, 6) is 0. The van der Waals surface area contributed by atoms with Crippen LogP contribution in [0, 0.1) is 0 Å². The van der Waals surface area contributed by atoms with Crippen LogP contribution < -0.4 is 0 Å². The molecule has 0 saturated carbocycles. The van der Waals surface area contributed by atoms with Crippen molar-refractivity contribution in [2.75, 3.05) is 6.61 Å². The number of rotatable bonds is 6. The lowest BCUT2D eigenvalue weighted by molar-refractivity contribution is -0.0429. The van der Waals surface area contributed by atoms with E-state index >= 15 is 0 Å². The van der Waals surface area contributed by atoms with E-state index in [0.29, 0.717) is 13.0 Å². The van der Waals surface area contributed by atoms with Gasteiger partial charge < -0.3 is 14.9 Å². The first kappa shape index (κ1) is 12.2. The maximum absolute atomic E-state index is 9.51. The van der Waals surface area contributed by atoms with Crippen molar-refractivity contribution in [1.29, 1.82) is 0 Å². The maximum atomic E-state index is 9.51. The summed E-state index contributed by atoms with van der Waals surface area (Å²) in [4.78, 5) is 0. The first-order chi connectivity index (χ1) is 7.24. The molecule has 1 aromatic carbocycles. The highest BCUT2D eigenvalue weighted by molar-refractivity contribution is 5.13. The minimum Gasteiger partial charge on any atom is -0.396 e. The molecule has 15 heavy (non-hydrogen) atoms. The molecule has 1 aromatic rings. The van der Waals surface area contributed by atoms with Gasteiger partial charge in [0.2, 0.25) is 0 Å². The molecule has 0 bridgehead atoms. The smallest absolute Gasteiger partial charge is 0.0821 e. The quantitative estimate of drug-likeness (QED) is 0.745. The molecule has 0 unspecified atom stereocenters. The van der Waals surface area contributed by atoms with Crippen molar-refractivity contribution < 1.29 is 14.9 Å². The molecule has 1 rings (SSSR count). The Morgan fingerprint density at radius 2 is 1.93 bits per heavy atom. The van der Waals surface area contributed by atoms with E-state index < -0.39 is 6.10 Å². The lowest BCUT2D eigenvalue weighted by Crippen LogP contribution is -2.26. The molecule has 2 atom stereocenters. The zero-order chi connectivity index (χ0) is 11.1. The highest BCUT2D eigenvalue weighted by atomic mass is 16.5. The van der Waals surface area contributed by atoms with Crippen LogP contribution in [-0.2, 0) is 11.3 Å². The second kappa shape index (κ2) is 6.56. The van der Waals surface area contributed by atoms with Crippen molar-refractivity contribution >= 4 is 0 Å². The number of benzene rings is 1. The third-order valence-electron chi connectivity index (χ3n) is 2.32. The summed E-state index contributed by atoms with van der Waals surface area (Å²) >= 11 is 0. The zero-order valence-corrected chi connectivity index (χ0v) is 8.97. The number of hydrogen-bond donors (Lipinski definition) is 2. The van der Waals surface area contributed by atoms with Crippen molar-refractivity contribution in [1.82, 2.24) is 0 Å². The lowest BCUT2D eigenvalue weighted by atomic mass is 10.1. The maximum Gasteiger partial charge on any atom is 0.0821 e. The van der Waals surface area contributed by atoms with Gasteiger partial charge >= 0.3 is 0 Å². The first-order valence-electron chi connectivity index (χ1n) is 5.18. The van der Waals surface area contributed by atoms with Crippen LogP contribution in [0.3, 0.4) is 0 Å². The average molecular weight is 210 g/mol. The van der Waals surface area contributed by atoms with Gasteiger partial charge in [-0.2, -0.15) is 0 Å². The molecule has 0 radical (unpaired) electrons. The van der Waals surface area contributed by atoms with Crippen molar-refractivity contribution in [2.24, 2.45) is 0 Å². The lowest BCUT2D eigenvalue weighted by Gasteiger charge is -2.18. The molecule has 0 aromatic heterocycles. The van der Waals surface area contributed by atoms with E-state index in [2.05, 4.69) is 0 Å². The molecule has 0 aliphatic rings. The van der Waals surface area contributed by atoms with E-state index in [1.165, 1.54) is 0 Å². The third-order valence-corrected chi connectivity index (χ3v) is 2.32. The zero-order valence-electron chi connectivity index (χ0n) is 8.97. The van der Waals surface area contributed by atoms with E-state index in [0.717, 1.165) is 5.56 Å². The molecular formula is C12H18O3. The van der Waals surface area contributed by atoms with Gasteiger partial charge in [0.1, 0.15) is 0 Å². The van der Waals surface area contributed by atoms with Crippen LogP contribution in [0.5, 0.6) is 0 Å². The molecular weight excluding hydrogens is 192 g/mol. The van der Waals surface area contributed by atoms with Gasteiger partial charge in [-0.05, 0) is 18.9 Å². The summed E-state index contributed by atoms with van der Waals surface area (Å²) in [7, 11) is 0. The van der Waals surface area contributed by atoms with Crippen molar-refractivity contribution in [3.05, 3.63) is 35.9 Å². The minimum atomic E-state index is -0.598. The van der Waals surface area contributed by atoms with E-state index in [9.17, 15) is 5.11 Å². The molecule has 2 N–H and O–H groups in total. The fourth-order valence-corrected chi connectivity index (χ4v) is 1.28. The Labute approximate surface area is 90.3 Å². The van der Waals surface area contributed by atoms with Gasteiger partial charge in [0.25, 0.3) is 0 Å². The van der Waals surface area contributed by atoms with Gasteiger partial charge in [-0.3, -0.25) is 0 Å². The Balaban J connectivity index is 2.31. The topological polar surface area (TPSA) is 49.7 Å². The van der Waals surface area contributed by atoms with Crippen LogP contribution in [0.25, 0.3) is 0 Å².